The smallest absolute Gasteiger partial charge is 0.325 e. The second kappa shape index (κ2) is 6.21. The van der Waals surface area contributed by atoms with Gasteiger partial charge in [-0.3, -0.25) is 4.79 Å². The van der Waals surface area contributed by atoms with E-state index in [0.29, 0.717) is 12.2 Å². The number of hydrogen-bond acceptors (Lipinski definition) is 3. The minimum atomic E-state index is -1.04. The molecule has 4 heteroatoms. The fraction of sp³-hybridized carbons (Fsp3) is 0.188. The maximum atomic E-state index is 10.9. The van der Waals surface area contributed by atoms with Crippen LogP contribution >= 0.6 is 0 Å². The van der Waals surface area contributed by atoms with E-state index in [1.54, 1.807) is 18.2 Å². The molecule has 0 amide bonds. The quantitative estimate of drug-likeness (QED) is 0.877. The summed E-state index contributed by atoms with van der Waals surface area (Å²) in [5, 5.41) is 8.89. The fourth-order valence-corrected chi connectivity index (χ4v) is 1.91. The van der Waals surface area contributed by atoms with Crippen molar-refractivity contribution in [1.29, 1.82) is 0 Å². The van der Waals surface area contributed by atoms with Gasteiger partial charge >= 0.3 is 5.97 Å². The fourth-order valence-electron chi connectivity index (χ4n) is 1.91. The van der Waals surface area contributed by atoms with Gasteiger partial charge in [0.15, 0.2) is 0 Å². The molecule has 4 nitrogen and oxygen atoms in total. The molecule has 1 unspecified atom stereocenters. The Bertz CT molecular complexity index is 596. The van der Waals surface area contributed by atoms with E-state index in [4.69, 9.17) is 15.6 Å². The first-order valence-electron chi connectivity index (χ1n) is 6.33. The number of carboxylic acids is 1. The summed E-state index contributed by atoms with van der Waals surface area (Å²) in [7, 11) is 0. The molecule has 2 rings (SSSR count). The predicted molar refractivity (Wildman–Crippen MR) is 76.5 cm³/mol. The van der Waals surface area contributed by atoms with E-state index in [1.165, 1.54) is 0 Å². The molecule has 104 valence electrons. The number of carbonyl (C=O) groups is 1. The Morgan fingerprint density at radius 2 is 1.95 bits per heavy atom. The molecule has 0 aliphatic rings. The molecule has 1 atom stereocenters. The zero-order valence-corrected chi connectivity index (χ0v) is 11.2. The second-order valence-corrected chi connectivity index (χ2v) is 4.62. The van der Waals surface area contributed by atoms with Crippen molar-refractivity contribution in [3.63, 3.8) is 0 Å². The van der Waals surface area contributed by atoms with E-state index in [-0.39, 0.29) is 0 Å². The van der Waals surface area contributed by atoms with Crippen LogP contribution in [0.4, 0.5) is 0 Å². The average Bonchev–Trinajstić information content (AvgIpc) is 2.46. The van der Waals surface area contributed by atoms with Crippen LogP contribution in [0.5, 0.6) is 5.75 Å². The highest BCUT2D eigenvalue weighted by Gasteiger charge is 2.15. The minimum absolute atomic E-state index is 0.478. The summed E-state index contributed by atoms with van der Waals surface area (Å²) in [4.78, 5) is 10.9. The first-order chi connectivity index (χ1) is 9.58. The van der Waals surface area contributed by atoms with Gasteiger partial charge in [-0.15, -0.1) is 0 Å². The van der Waals surface area contributed by atoms with Gasteiger partial charge in [0.2, 0.25) is 0 Å². The number of aryl methyl sites for hydroxylation is 1. The van der Waals surface area contributed by atoms with Gasteiger partial charge in [-0.2, -0.15) is 0 Å². The molecule has 0 aliphatic heterocycles. The van der Waals surface area contributed by atoms with Gasteiger partial charge in [0.25, 0.3) is 0 Å². The van der Waals surface area contributed by atoms with Gasteiger partial charge in [0.1, 0.15) is 18.4 Å². The van der Waals surface area contributed by atoms with Crippen LogP contribution in [0.2, 0.25) is 0 Å². The third-order valence-corrected chi connectivity index (χ3v) is 3.06. The maximum absolute atomic E-state index is 10.9. The van der Waals surface area contributed by atoms with Gasteiger partial charge in [-0.1, -0.05) is 42.5 Å². The lowest BCUT2D eigenvalue weighted by Crippen LogP contribution is -2.20. The molecular formula is C16H17NO3. The summed E-state index contributed by atoms with van der Waals surface area (Å²) in [5.41, 5.74) is 8.10. The molecule has 0 radical (unpaired) electrons. The van der Waals surface area contributed by atoms with Gasteiger partial charge in [0, 0.05) is 0 Å². The third kappa shape index (κ3) is 3.36. The highest BCUT2D eigenvalue weighted by Crippen LogP contribution is 2.23. The monoisotopic (exact) mass is 271 g/mol. The molecule has 2 aromatic carbocycles. The van der Waals surface area contributed by atoms with Crippen molar-refractivity contribution in [3.8, 4) is 5.75 Å². The van der Waals surface area contributed by atoms with Crippen LogP contribution in [0, 0.1) is 6.92 Å². The number of aliphatic carboxylic acids is 1. The average molecular weight is 271 g/mol. The van der Waals surface area contributed by atoms with Crippen LogP contribution < -0.4 is 10.5 Å². The van der Waals surface area contributed by atoms with E-state index in [2.05, 4.69) is 0 Å². The highest BCUT2D eigenvalue weighted by molar-refractivity contribution is 5.75. The van der Waals surface area contributed by atoms with Gasteiger partial charge < -0.3 is 15.6 Å². The molecule has 0 saturated heterocycles. The summed E-state index contributed by atoms with van der Waals surface area (Å²) >= 11 is 0. The van der Waals surface area contributed by atoms with Crippen LogP contribution in [0.1, 0.15) is 22.7 Å². The number of benzene rings is 2. The maximum Gasteiger partial charge on any atom is 0.325 e. The molecule has 0 bridgehead atoms. The normalized spacial score (nSPS) is 11.9. The van der Waals surface area contributed by atoms with Crippen molar-refractivity contribution >= 4 is 5.97 Å². The van der Waals surface area contributed by atoms with Crippen LogP contribution in [0.25, 0.3) is 0 Å². The zero-order valence-electron chi connectivity index (χ0n) is 11.2. The van der Waals surface area contributed by atoms with Crippen molar-refractivity contribution in [3.05, 3.63) is 65.2 Å². The Hall–Kier alpha value is -2.33. The Morgan fingerprint density at radius 1 is 1.25 bits per heavy atom. The Balaban J connectivity index is 2.08. The highest BCUT2D eigenvalue weighted by atomic mass is 16.5. The number of carboxylic acid groups (broad SMARTS) is 1. The van der Waals surface area contributed by atoms with E-state index < -0.39 is 12.0 Å². The number of nitrogens with two attached hydrogens (primary N) is 1. The van der Waals surface area contributed by atoms with Crippen molar-refractivity contribution in [2.45, 2.75) is 19.6 Å². The van der Waals surface area contributed by atoms with Crippen molar-refractivity contribution < 1.29 is 14.6 Å². The summed E-state index contributed by atoms with van der Waals surface area (Å²) in [5.74, 6) is -0.308. The van der Waals surface area contributed by atoms with Crippen molar-refractivity contribution in [2.75, 3.05) is 0 Å². The molecule has 0 saturated carbocycles. The van der Waals surface area contributed by atoms with Crippen molar-refractivity contribution in [2.24, 2.45) is 5.73 Å². The molecule has 0 aromatic heterocycles. The lowest BCUT2D eigenvalue weighted by atomic mass is 10.0. The van der Waals surface area contributed by atoms with Gasteiger partial charge in [-0.05, 0) is 29.7 Å². The molecule has 20 heavy (non-hydrogen) atoms. The van der Waals surface area contributed by atoms with Crippen molar-refractivity contribution in [1.82, 2.24) is 0 Å². The predicted octanol–water partition coefficient (Wildman–Crippen LogP) is 2.66. The lowest BCUT2D eigenvalue weighted by Gasteiger charge is -2.12. The summed E-state index contributed by atoms with van der Waals surface area (Å²) in [6, 6.07) is 14.0. The molecule has 0 aliphatic carbocycles. The second-order valence-electron chi connectivity index (χ2n) is 4.62. The molecule has 2 aromatic rings. The summed E-state index contributed by atoms with van der Waals surface area (Å²) in [6.45, 7) is 2.35. The summed E-state index contributed by atoms with van der Waals surface area (Å²) in [6.07, 6.45) is 0. The van der Waals surface area contributed by atoms with Gasteiger partial charge in [-0.25, -0.2) is 0 Å². The van der Waals surface area contributed by atoms with E-state index in [1.807, 2.05) is 37.3 Å². The van der Waals surface area contributed by atoms with Gasteiger partial charge in [0.05, 0.1) is 0 Å². The first-order valence-corrected chi connectivity index (χ1v) is 6.33. The lowest BCUT2D eigenvalue weighted by molar-refractivity contribution is -0.138. The number of hydrogen-bond donors (Lipinski definition) is 2. The largest absolute Gasteiger partial charge is 0.489 e. The number of rotatable bonds is 5. The van der Waals surface area contributed by atoms with E-state index >= 15 is 0 Å². The molecular weight excluding hydrogens is 254 g/mol. The summed E-state index contributed by atoms with van der Waals surface area (Å²) < 4.78 is 5.73. The minimum Gasteiger partial charge on any atom is -0.489 e. The molecule has 0 fully saturated rings. The van der Waals surface area contributed by atoms with E-state index in [9.17, 15) is 4.79 Å². The standard InChI is InChI=1S/C16H17NO3/c1-11-9-13(15(17)16(18)19)7-8-14(11)20-10-12-5-3-2-4-6-12/h2-9,15H,10,17H2,1H3,(H,18,19). The van der Waals surface area contributed by atoms with Crippen LogP contribution in [-0.2, 0) is 11.4 Å². The van der Waals surface area contributed by atoms with E-state index in [0.717, 1.165) is 16.9 Å². The molecule has 0 heterocycles. The van der Waals surface area contributed by atoms with Crippen LogP contribution in [-0.4, -0.2) is 11.1 Å². The number of ether oxygens (including phenoxy) is 1. The molecule has 0 spiro atoms. The molecule has 3 N–H and O–H groups in total. The topological polar surface area (TPSA) is 72.6 Å². The first kappa shape index (κ1) is 14.1. The Labute approximate surface area is 117 Å². The zero-order chi connectivity index (χ0) is 14.5. The SMILES string of the molecule is Cc1cc(C(N)C(=O)O)ccc1OCc1ccccc1. The van der Waals surface area contributed by atoms with Crippen LogP contribution in [0.15, 0.2) is 48.5 Å². The Kier molecular flexibility index (Phi) is 4.38. The van der Waals surface area contributed by atoms with Crippen LogP contribution in [0.3, 0.4) is 0 Å². The third-order valence-electron chi connectivity index (χ3n) is 3.06. The Morgan fingerprint density at radius 3 is 2.55 bits per heavy atom.